The van der Waals surface area contributed by atoms with E-state index in [1.807, 2.05) is 0 Å². The van der Waals surface area contributed by atoms with Crippen molar-refractivity contribution >= 4 is 33.2 Å². The summed E-state index contributed by atoms with van der Waals surface area (Å²) in [4.78, 5) is 28.0. The van der Waals surface area contributed by atoms with Gasteiger partial charge in [-0.2, -0.15) is 13.2 Å². The molecule has 2 aromatic rings. The third-order valence-corrected chi connectivity index (χ3v) is 4.47. The molecule has 0 spiro atoms. The molecule has 0 bridgehead atoms. The van der Waals surface area contributed by atoms with Crippen molar-refractivity contribution < 1.29 is 35.9 Å². The lowest BCUT2D eigenvalue weighted by Crippen LogP contribution is -2.36. The van der Waals surface area contributed by atoms with Crippen molar-refractivity contribution in [3.63, 3.8) is 0 Å². The first-order valence-electron chi connectivity index (χ1n) is 9.15. The first-order chi connectivity index (χ1) is 14.8. The first kappa shape index (κ1) is 24.9. The maximum atomic E-state index is 12.2. The molecule has 0 unspecified atom stereocenters. The molecule has 0 fully saturated rings. The van der Waals surface area contributed by atoms with Crippen LogP contribution in [-0.4, -0.2) is 50.8 Å². The van der Waals surface area contributed by atoms with Crippen LogP contribution in [0.25, 0.3) is 0 Å². The number of pyridine rings is 1. The van der Waals surface area contributed by atoms with E-state index in [2.05, 4.69) is 25.1 Å². The summed E-state index contributed by atoms with van der Waals surface area (Å²) in [6.07, 6.45) is -3.21. The molecule has 0 aliphatic rings. The van der Waals surface area contributed by atoms with Crippen molar-refractivity contribution in [2.45, 2.75) is 19.5 Å². The molecule has 13 heteroatoms. The summed E-state index contributed by atoms with van der Waals surface area (Å²) in [6, 6.07) is 8.63. The highest BCUT2D eigenvalue weighted by atomic mass is 32.2. The minimum absolute atomic E-state index is 0.0766. The normalized spacial score (nSPS) is 11.5. The van der Waals surface area contributed by atoms with Crippen molar-refractivity contribution in [3.05, 3.63) is 47.7 Å². The van der Waals surface area contributed by atoms with Crippen molar-refractivity contribution in [2.75, 3.05) is 29.4 Å². The fraction of sp³-hybridized carbons (Fsp3) is 0.316. The number of aromatic nitrogens is 1. The van der Waals surface area contributed by atoms with Crippen LogP contribution in [0.1, 0.15) is 11.3 Å². The highest BCUT2D eigenvalue weighted by Gasteiger charge is 2.28. The van der Waals surface area contributed by atoms with Crippen molar-refractivity contribution in [1.82, 2.24) is 10.3 Å². The minimum Gasteiger partial charge on any atom is -0.468 e. The van der Waals surface area contributed by atoms with Gasteiger partial charge in [-0.3, -0.25) is 14.3 Å². The fourth-order valence-corrected chi connectivity index (χ4v) is 3.08. The Morgan fingerprint density at radius 3 is 2.41 bits per heavy atom. The smallest absolute Gasteiger partial charge is 0.422 e. The molecule has 3 N–H and O–H groups in total. The molecule has 2 amide bonds. The average Bonchev–Trinajstić information content (AvgIpc) is 2.66. The van der Waals surface area contributed by atoms with Crippen molar-refractivity contribution in [2.24, 2.45) is 0 Å². The number of amides is 2. The zero-order valence-electron chi connectivity index (χ0n) is 17.1. The fourth-order valence-electron chi connectivity index (χ4n) is 2.52. The second kappa shape index (κ2) is 10.3. The third-order valence-electron chi connectivity index (χ3n) is 3.86. The van der Waals surface area contributed by atoms with E-state index >= 15 is 0 Å². The number of benzene rings is 1. The van der Waals surface area contributed by atoms with E-state index in [1.54, 1.807) is 6.92 Å². The summed E-state index contributed by atoms with van der Waals surface area (Å²) in [7, 11) is -3.50. The molecule has 9 nitrogen and oxygen atoms in total. The summed E-state index contributed by atoms with van der Waals surface area (Å²) in [5.41, 5.74) is 1.52. The quantitative estimate of drug-likeness (QED) is 0.503. The van der Waals surface area contributed by atoms with Gasteiger partial charge in [0.25, 0.3) is 0 Å². The van der Waals surface area contributed by atoms with Gasteiger partial charge in [0, 0.05) is 24.0 Å². The molecular weight excluding hydrogens is 453 g/mol. The number of ether oxygens (including phenoxy) is 1. The average molecular weight is 474 g/mol. The molecule has 174 valence electrons. The molecule has 2 rings (SSSR count). The number of sulfonamides is 1. The van der Waals surface area contributed by atoms with Crippen LogP contribution in [0, 0.1) is 6.92 Å². The summed E-state index contributed by atoms with van der Waals surface area (Å²) >= 11 is 0. The highest BCUT2D eigenvalue weighted by molar-refractivity contribution is 7.92. The van der Waals surface area contributed by atoms with Gasteiger partial charge in [0.2, 0.25) is 15.9 Å². The summed E-state index contributed by atoms with van der Waals surface area (Å²) in [5.74, 6) is -2.03. The SMILES string of the molecule is Cc1nc(OCC(F)(F)F)ccc1CCNC(=O)C(=O)Nc1cccc(NS(C)(=O)=O)c1. The lowest BCUT2D eigenvalue weighted by atomic mass is 10.1. The number of rotatable bonds is 8. The van der Waals surface area contributed by atoms with Gasteiger partial charge < -0.3 is 15.4 Å². The van der Waals surface area contributed by atoms with Crippen LogP contribution < -0.4 is 20.1 Å². The zero-order valence-corrected chi connectivity index (χ0v) is 17.9. The predicted octanol–water partition coefficient (Wildman–Crippen LogP) is 2.00. The minimum atomic E-state index is -4.47. The van der Waals surface area contributed by atoms with Crippen molar-refractivity contribution in [3.8, 4) is 5.88 Å². The zero-order chi connectivity index (χ0) is 23.9. The van der Waals surface area contributed by atoms with E-state index in [9.17, 15) is 31.2 Å². The van der Waals surface area contributed by atoms with E-state index in [-0.39, 0.29) is 30.2 Å². The van der Waals surface area contributed by atoms with Gasteiger partial charge in [0.1, 0.15) is 0 Å². The molecular formula is C19H21F3N4O5S. The number of aryl methyl sites for hydroxylation is 1. The highest BCUT2D eigenvalue weighted by Crippen LogP contribution is 2.19. The van der Waals surface area contributed by atoms with E-state index in [1.165, 1.54) is 36.4 Å². The Hall–Kier alpha value is -3.35. The molecule has 0 radical (unpaired) electrons. The van der Waals surface area contributed by atoms with E-state index in [0.29, 0.717) is 11.3 Å². The molecule has 0 aliphatic carbocycles. The van der Waals surface area contributed by atoms with Gasteiger partial charge in [-0.1, -0.05) is 12.1 Å². The second-order valence-corrected chi connectivity index (χ2v) is 8.46. The van der Waals surface area contributed by atoms with Gasteiger partial charge in [-0.05, 0) is 37.1 Å². The number of hydrogen-bond donors (Lipinski definition) is 3. The van der Waals surface area contributed by atoms with Crippen LogP contribution in [0.2, 0.25) is 0 Å². The lowest BCUT2D eigenvalue weighted by Gasteiger charge is -2.11. The topological polar surface area (TPSA) is 126 Å². The van der Waals surface area contributed by atoms with Crippen LogP contribution in [0.5, 0.6) is 5.88 Å². The molecule has 0 saturated carbocycles. The summed E-state index contributed by atoms with van der Waals surface area (Å²) < 4.78 is 66.0. The monoisotopic (exact) mass is 474 g/mol. The molecule has 0 aliphatic heterocycles. The standard InChI is InChI=1S/C19H21F3N4O5S/c1-12-13(6-7-16(24-12)31-11-19(20,21)22)8-9-23-17(27)18(28)25-14-4-3-5-15(10-14)26-32(2,29)30/h3-7,10,26H,8-9,11H2,1-2H3,(H,23,27)(H,25,28). The van der Waals surface area contributed by atoms with Gasteiger partial charge >= 0.3 is 18.0 Å². The number of alkyl halides is 3. The van der Waals surface area contributed by atoms with Crippen LogP contribution in [0.4, 0.5) is 24.5 Å². The van der Waals surface area contributed by atoms with E-state index in [0.717, 1.165) is 6.26 Å². The Bertz CT molecular complexity index is 1090. The van der Waals surface area contributed by atoms with E-state index < -0.39 is 34.6 Å². The Kier molecular flexibility index (Phi) is 8.02. The Morgan fingerprint density at radius 1 is 1.09 bits per heavy atom. The molecule has 1 aromatic carbocycles. The van der Waals surface area contributed by atoms with Crippen LogP contribution in [0.15, 0.2) is 36.4 Å². The number of anilines is 2. The first-order valence-corrected chi connectivity index (χ1v) is 11.0. The predicted molar refractivity (Wildman–Crippen MR) is 111 cm³/mol. The Morgan fingerprint density at radius 2 is 1.78 bits per heavy atom. The maximum Gasteiger partial charge on any atom is 0.422 e. The number of carbonyl (C=O) groups is 2. The van der Waals surface area contributed by atoms with Gasteiger partial charge in [-0.15, -0.1) is 0 Å². The van der Waals surface area contributed by atoms with Gasteiger partial charge in [0.05, 0.1) is 11.9 Å². The number of nitrogens with one attached hydrogen (secondary N) is 3. The molecule has 1 aromatic heterocycles. The molecule has 0 atom stereocenters. The Balaban J connectivity index is 1.85. The van der Waals surface area contributed by atoms with Crippen molar-refractivity contribution in [1.29, 1.82) is 0 Å². The van der Waals surface area contributed by atoms with E-state index in [4.69, 9.17) is 0 Å². The molecule has 0 saturated heterocycles. The summed E-state index contributed by atoms with van der Waals surface area (Å²) in [6.45, 7) is 0.215. The van der Waals surface area contributed by atoms with Crippen LogP contribution in [0.3, 0.4) is 0 Å². The summed E-state index contributed by atoms with van der Waals surface area (Å²) in [5, 5.41) is 4.78. The number of hydrogen-bond acceptors (Lipinski definition) is 6. The van der Waals surface area contributed by atoms with Gasteiger partial charge in [0.15, 0.2) is 6.61 Å². The third kappa shape index (κ3) is 8.79. The van der Waals surface area contributed by atoms with Gasteiger partial charge in [-0.25, -0.2) is 13.4 Å². The molecule has 1 heterocycles. The number of carbonyl (C=O) groups excluding carboxylic acids is 2. The molecule has 32 heavy (non-hydrogen) atoms. The largest absolute Gasteiger partial charge is 0.468 e. The second-order valence-electron chi connectivity index (χ2n) is 6.71. The lowest BCUT2D eigenvalue weighted by molar-refractivity contribution is -0.154. The Labute approximate surface area is 182 Å². The maximum absolute atomic E-state index is 12.2. The number of nitrogens with zero attached hydrogens (tertiary/aromatic N) is 1. The number of halogens is 3. The van der Waals surface area contributed by atoms with Crippen LogP contribution >= 0.6 is 0 Å². The van der Waals surface area contributed by atoms with Crippen LogP contribution in [-0.2, 0) is 26.0 Å².